The van der Waals surface area contributed by atoms with Crippen molar-refractivity contribution in [1.29, 1.82) is 0 Å². The molecule has 1 spiro atoms. The number of aliphatic hydroxyl groups excluding tert-OH is 1. The van der Waals surface area contributed by atoms with E-state index >= 15 is 0 Å². The maximum absolute atomic E-state index is 9.92. The van der Waals surface area contributed by atoms with Crippen LogP contribution in [0.1, 0.15) is 39.5 Å². The molecule has 0 unspecified atom stereocenters. The lowest BCUT2D eigenvalue weighted by atomic mass is 9.51. The summed E-state index contributed by atoms with van der Waals surface area (Å²) in [5.41, 5.74) is 0.131. The highest BCUT2D eigenvalue weighted by atomic mass is 16.8. The van der Waals surface area contributed by atoms with Crippen molar-refractivity contribution in [3.05, 3.63) is 12.2 Å². The molecular weight excluding hydrogens is 228 g/mol. The zero-order chi connectivity index (χ0) is 12.5. The Bertz CT molecular complexity index is 403. The van der Waals surface area contributed by atoms with Crippen LogP contribution in [-0.4, -0.2) is 29.2 Å². The first-order chi connectivity index (χ1) is 8.50. The van der Waals surface area contributed by atoms with Crippen molar-refractivity contribution in [3.63, 3.8) is 0 Å². The van der Waals surface area contributed by atoms with Crippen LogP contribution < -0.4 is 0 Å². The third kappa shape index (κ3) is 1.36. The quantitative estimate of drug-likeness (QED) is 0.670. The molecule has 0 radical (unpaired) electrons. The Morgan fingerprint density at radius 3 is 2.89 bits per heavy atom. The van der Waals surface area contributed by atoms with Gasteiger partial charge in [0.2, 0.25) is 0 Å². The Balaban J connectivity index is 1.74. The van der Waals surface area contributed by atoms with E-state index in [9.17, 15) is 5.11 Å². The molecule has 6 atom stereocenters. The predicted octanol–water partition coefficient (Wildman–Crippen LogP) is 2.24. The van der Waals surface area contributed by atoms with Crippen LogP contribution in [0.4, 0.5) is 0 Å². The summed E-state index contributed by atoms with van der Waals surface area (Å²) in [5.74, 6) is 0.612. The van der Waals surface area contributed by atoms with Gasteiger partial charge in [-0.2, -0.15) is 0 Å². The van der Waals surface area contributed by atoms with Crippen LogP contribution in [0.15, 0.2) is 12.2 Å². The van der Waals surface area contributed by atoms with Crippen LogP contribution >= 0.6 is 0 Å². The molecule has 1 saturated heterocycles. The summed E-state index contributed by atoms with van der Waals surface area (Å²) in [6.45, 7) is 4.04. The minimum absolute atomic E-state index is 0.109. The highest BCUT2D eigenvalue weighted by Crippen LogP contribution is 2.61. The lowest BCUT2D eigenvalue weighted by molar-refractivity contribution is -0.159. The molecule has 3 heteroatoms. The normalized spacial score (nSPS) is 56.3. The predicted molar refractivity (Wildman–Crippen MR) is 66.9 cm³/mol. The van der Waals surface area contributed by atoms with E-state index in [-0.39, 0.29) is 23.7 Å². The first-order valence-corrected chi connectivity index (χ1v) is 7.23. The molecule has 2 bridgehead atoms. The van der Waals surface area contributed by atoms with E-state index in [0.29, 0.717) is 11.8 Å². The van der Waals surface area contributed by atoms with Crippen molar-refractivity contribution >= 4 is 0 Å². The molecule has 0 aromatic carbocycles. The second-order valence-electron chi connectivity index (χ2n) is 7.02. The molecule has 0 amide bonds. The van der Waals surface area contributed by atoms with Crippen LogP contribution in [0, 0.1) is 17.3 Å². The smallest absolute Gasteiger partial charge is 0.163 e. The zero-order valence-electron chi connectivity index (χ0n) is 11.1. The molecule has 1 N–H and O–H groups in total. The fourth-order valence-electron chi connectivity index (χ4n) is 4.76. The average Bonchev–Trinajstić information content (AvgIpc) is 2.66. The molecule has 1 aliphatic heterocycles. The summed E-state index contributed by atoms with van der Waals surface area (Å²) in [4.78, 5) is 0. The van der Waals surface area contributed by atoms with E-state index in [1.54, 1.807) is 0 Å². The Labute approximate surface area is 108 Å². The topological polar surface area (TPSA) is 38.7 Å². The van der Waals surface area contributed by atoms with E-state index in [2.05, 4.69) is 12.2 Å². The van der Waals surface area contributed by atoms with E-state index in [1.807, 2.05) is 13.8 Å². The highest BCUT2D eigenvalue weighted by molar-refractivity contribution is 5.24. The van der Waals surface area contributed by atoms with Gasteiger partial charge in [0, 0.05) is 11.3 Å². The van der Waals surface area contributed by atoms with E-state index < -0.39 is 5.79 Å². The van der Waals surface area contributed by atoms with Crippen LogP contribution in [0.2, 0.25) is 0 Å². The summed E-state index contributed by atoms with van der Waals surface area (Å²) in [6, 6.07) is 0. The van der Waals surface area contributed by atoms with Gasteiger partial charge >= 0.3 is 0 Å². The molecule has 1 heterocycles. The van der Waals surface area contributed by atoms with Crippen LogP contribution in [0.5, 0.6) is 0 Å². The van der Waals surface area contributed by atoms with Gasteiger partial charge in [0.15, 0.2) is 5.79 Å². The van der Waals surface area contributed by atoms with Gasteiger partial charge in [0.05, 0.1) is 18.3 Å². The maximum atomic E-state index is 9.92. The number of hydrogen-bond donors (Lipinski definition) is 1. The summed E-state index contributed by atoms with van der Waals surface area (Å²) >= 11 is 0. The van der Waals surface area contributed by atoms with Crippen molar-refractivity contribution in [1.82, 2.24) is 0 Å². The number of rotatable bonds is 0. The largest absolute Gasteiger partial charge is 0.393 e. The second-order valence-corrected chi connectivity index (χ2v) is 7.02. The fourth-order valence-corrected chi connectivity index (χ4v) is 4.76. The third-order valence-electron chi connectivity index (χ3n) is 5.52. The van der Waals surface area contributed by atoms with Crippen LogP contribution in [0.25, 0.3) is 0 Å². The van der Waals surface area contributed by atoms with Crippen molar-refractivity contribution in [2.24, 2.45) is 17.3 Å². The van der Waals surface area contributed by atoms with Gasteiger partial charge < -0.3 is 14.6 Å². The van der Waals surface area contributed by atoms with E-state index in [4.69, 9.17) is 9.47 Å². The van der Waals surface area contributed by atoms with Gasteiger partial charge in [-0.3, -0.25) is 0 Å². The lowest BCUT2D eigenvalue weighted by Gasteiger charge is -2.56. The summed E-state index contributed by atoms with van der Waals surface area (Å²) in [6.07, 6.45) is 9.11. The molecule has 100 valence electrons. The SMILES string of the molecule is CC1(C)O[C@H]2[C@@H]3C=C[C@]4(CC[C@H](O)C[C@H]4C3)[C@H]2O1. The summed E-state index contributed by atoms with van der Waals surface area (Å²) in [7, 11) is 0. The lowest BCUT2D eigenvalue weighted by Crippen LogP contribution is -2.58. The molecule has 2 saturated carbocycles. The molecule has 0 aromatic rings. The van der Waals surface area contributed by atoms with Crippen molar-refractivity contribution in [2.75, 3.05) is 0 Å². The number of ether oxygens (including phenoxy) is 2. The van der Waals surface area contributed by atoms with Gasteiger partial charge in [-0.25, -0.2) is 0 Å². The molecule has 3 nitrogen and oxygen atoms in total. The van der Waals surface area contributed by atoms with Crippen molar-refractivity contribution in [3.8, 4) is 0 Å². The molecule has 18 heavy (non-hydrogen) atoms. The minimum atomic E-state index is -0.447. The molecule has 5 rings (SSSR count). The molecule has 0 aromatic heterocycles. The maximum Gasteiger partial charge on any atom is 0.163 e. The first-order valence-electron chi connectivity index (χ1n) is 7.23. The standard InChI is InChI=1S/C15H22O3/c1-14(2)17-12-9-3-5-15(13(12)18-14)6-4-11(16)8-10(15)7-9/h3,5,9-13,16H,4,6-8H2,1-2H3/t9-,10-,11+,12+,13+,15-/m1/s1. The van der Waals surface area contributed by atoms with Gasteiger partial charge in [-0.1, -0.05) is 12.2 Å². The monoisotopic (exact) mass is 250 g/mol. The summed E-state index contributed by atoms with van der Waals surface area (Å²) < 4.78 is 12.3. The fraction of sp³-hybridized carbons (Fsp3) is 0.867. The van der Waals surface area contributed by atoms with Gasteiger partial charge in [-0.15, -0.1) is 0 Å². The Morgan fingerprint density at radius 2 is 2.06 bits per heavy atom. The molecule has 4 aliphatic carbocycles. The van der Waals surface area contributed by atoms with E-state index in [0.717, 1.165) is 25.7 Å². The van der Waals surface area contributed by atoms with Crippen molar-refractivity contribution in [2.45, 2.75) is 63.6 Å². The Hall–Kier alpha value is -0.380. The summed E-state index contributed by atoms with van der Waals surface area (Å²) in [5, 5.41) is 9.92. The van der Waals surface area contributed by atoms with Crippen LogP contribution in [-0.2, 0) is 9.47 Å². The average molecular weight is 250 g/mol. The molecule has 3 fully saturated rings. The number of aliphatic hydroxyl groups is 1. The minimum Gasteiger partial charge on any atom is -0.393 e. The highest BCUT2D eigenvalue weighted by Gasteiger charge is 2.63. The molecule has 5 aliphatic rings. The first kappa shape index (κ1) is 11.4. The van der Waals surface area contributed by atoms with Crippen molar-refractivity contribution < 1.29 is 14.6 Å². The van der Waals surface area contributed by atoms with Gasteiger partial charge in [0.25, 0.3) is 0 Å². The number of hydrogen-bond acceptors (Lipinski definition) is 3. The van der Waals surface area contributed by atoms with Gasteiger partial charge in [-0.05, 0) is 45.4 Å². The van der Waals surface area contributed by atoms with E-state index in [1.165, 1.54) is 0 Å². The third-order valence-corrected chi connectivity index (χ3v) is 5.52. The Morgan fingerprint density at radius 1 is 1.22 bits per heavy atom. The molecular formula is C15H22O3. The Kier molecular flexibility index (Phi) is 2.15. The second kappa shape index (κ2) is 3.38. The van der Waals surface area contributed by atoms with Crippen LogP contribution in [0.3, 0.4) is 0 Å². The van der Waals surface area contributed by atoms with Gasteiger partial charge in [0.1, 0.15) is 0 Å². The zero-order valence-corrected chi connectivity index (χ0v) is 11.1.